The molecule has 16 heavy (non-hydrogen) atoms. The monoisotopic (exact) mass is 219 g/mol. The minimum Gasteiger partial charge on any atom is -0.355 e. The number of pyridine rings is 1. The summed E-state index contributed by atoms with van der Waals surface area (Å²) < 4.78 is 0. The van der Waals surface area contributed by atoms with E-state index in [0.717, 1.165) is 0 Å². The van der Waals surface area contributed by atoms with E-state index in [0.29, 0.717) is 12.2 Å². The molecule has 0 radical (unpaired) electrons. The zero-order chi connectivity index (χ0) is 11.6. The number of anilines is 1. The van der Waals surface area contributed by atoms with Gasteiger partial charge in [-0.25, -0.2) is 0 Å². The Morgan fingerprint density at radius 2 is 2.44 bits per heavy atom. The van der Waals surface area contributed by atoms with Crippen molar-refractivity contribution in [1.29, 1.82) is 0 Å². The largest absolute Gasteiger partial charge is 0.355 e. The van der Waals surface area contributed by atoms with Crippen molar-refractivity contribution in [3.63, 3.8) is 0 Å². The van der Waals surface area contributed by atoms with Crippen LogP contribution in [0.2, 0.25) is 0 Å². The van der Waals surface area contributed by atoms with E-state index in [1.807, 2.05) is 0 Å². The van der Waals surface area contributed by atoms with E-state index < -0.39 is 5.41 Å². The van der Waals surface area contributed by atoms with Gasteiger partial charge in [-0.05, 0) is 19.1 Å². The molecule has 1 saturated heterocycles. The second-order valence-corrected chi connectivity index (χ2v) is 4.21. The standard InChI is InChI=1S/C11H13N3O2/c1-11(5-9(15)13-7-11)10(16)14-8-3-2-4-12-6-8/h2-4,6H,5,7H2,1H3,(H,13,15)(H,14,16). The van der Waals surface area contributed by atoms with E-state index in [9.17, 15) is 9.59 Å². The molecule has 1 atom stereocenters. The quantitative estimate of drug-likeness (QED) is 0.762. The molecule has 0 aliphatic carbocycles. The highest BCUT2D eigenvalue weighted by molar-refractivity contribution is 5.99. The van der Waals surface area contributed by atoms with Crippen LogP contribution in [-0.4, -0.2) is 23.3 Å². The number of hydrogen-bond acceptors (Lipinski definition) is 3. The van der Waals surface area contributed by atoms with Crippen LogP contribution in [0.15, 0.2) is 24.5 Å². The van der Waals surface area contributed by atoms with Gasteiger partial charge >= 0.3 is 0 Å². The SMILES string of the molecule is CC1(C(=O)Nc2cccnc2)CNC(=O)C1. The predicted octanol–water partition coefficient (Wildman–Crippen LogP) is 0.546. The summed E-state index contributed by atoms with van der Waals surface area (Å²) in [5, 5.41) is 5.41. The maximum atomic E-state index is 12.0. The maximum absolute atomic E-state index is 12.0. The number of aromatic nitrogens is 1. The molecular weight excluding hydrogens is 206 g/mol. The van der Waals surface area contributed by atoms with Gasteiger partial charge in [0.25, 0.3) is 0 Å². The Balaban J connectivity index is 2.06. The minimum absolute atomic E-state index is 0.0798. The van der Waals surface area contributed by atoms with Gasteiger partial charge in [0.05, 0.1) is 17.3 Å². The Morgan fingerprint density at radius 3 is 3.00 bits per heavy atom. The minimum atomic E-state index is -0.660. The number of nitrogens with one attached hydrogen (secondary N) is 2. The third-order valence-electron chi connectivity index (χ3n) is 2.69. The zero-order valence-electron chi connectivity index (χ0n) is 8.99. The first-order chi connectivity index (χ1) is 7.60. The Bertz CT molecular complexity index is 418. The second kappa shape index (κ2) is 3.92. The summed E-state index contributed by atoms with van der Waals surface area (Å²) in [5.74, 6) is -0.234. The summed E-state index contributed by atoms with van der Waals surface area (Å²) in [5.41, 5.74) is -0.0134. The van der Waals surface area contributed by atoms with E-state index in [2.05, 4.69) is 15.6 Å². The van der Waals surface area contributed by atoms with Crippen LogP contribution in [0.5, 0.6) is 0 Å². The highest BCUT2D eigenvalue weighted by Gasteiger charge is 2.40. The van der Waals surface area contributed by atoms with Crippen LogP contribution in [0.4, 0.5) is 5.69 Å². The molecule has 0 spiro atoms. The van der Waals surface area contributed by atoms with Gasteiger partial charge in [-0.2, -0.15) is 0 Å². The van der Waals surface area contributed by atoms with Crippen molar-refractivity contribution in [1.82, 2.24) is 10.3 Å². The lowest BCUT2D eigenvalue weighted by molar-refractivity contribution is -0.126. The average molecular weight is 219 g/mol. The third kappa shape index (κ3) is 2.03. The second-order valence-electron chi connectivity index (χ2n) is 4.21. The molecule has 0 saturated carbocycles. The van der Waals surface area contributed by atoms with Gasteiger partial charge in [0.2, 0.25) is 11.8 Å². The van der Waals surface area contributed by atoms with Crippen molar-refractivity contribution in [3.05, 3.63) is 24.5 Å². The molecule has 1 aliphatic heterocycles. The van der Waals surface area contributed by atoms with Crippen molar-refractivity contribution in [3.8, 4) is 0 Å². The molecule has 2 heterocycles. The Kier molecular flexibility index (Phi) is 2.60. The smallest absolute Gasteiger partial charge is 0.232 e. The van der Waals surface area contributed by atoms with Crippen LogP contribution in [0.3, 0.4) is 0 Å². The van der Waals surface area contributed by atoms with Crippen LogP contribution in [0, 0.1) is 5.41 Å². The first-order valence-corrected chi connectivity index (χ1v) is 5.08. The molecule has 1 aromatic heterocycles. The average Bonchev–Trinajstić information content (AvgIpc) is 2.61. The molecule has 1 aromatic rings. The van der Waals surface area contributed by atoms with Crippen molar-refractivity contribution >= 4 is 17.5 Å². The lowest BCUT2D eigenvalue weighted by Gasteiger charge is -2.20. The highest BCUT2D eigenvalue weighted by Crippen LogP contribution is 2.26. The van der Waals surface area contributed by atoms with Gasteiger partial charge in [-0.3, -0.25) is 14.6 Å². The number of rotatable bonds is 2. The molecule has 2 rings (SSSR count). The zero-order valence-corrected chi connectivity index (χ0v) is 8.99. The van der Waals surface area contributed by atoms with E-state index in [1.54, 1.807) is 31.5 Å². The fourth-order valence-corrected chi connectivity index (χ4v) is 1.65. The van der Waals surface area contributed by atoms with Crippen molar-refractivity contribution < 1.29 is 9.59 Å². The predicted molar refractivity (Wildman–Crippen MR) is 58.6 cm³/mol. The molecule has 1 aliphatic rings. The first-order valence-electron chi connectivity index (χ1n) is 5.08. The van der Waals surface area contributed by atoms with E-state index in [4.69, 9.17) is 0 Å². The summed E-state index contributed by atoms with van der Waals surface area (Å²) in [6.07, 6.45) is 3.45. The van der Waals surface area contributed by atoms with Gasteiger partial charge < -0.3 is 10.6 Å². The van der Waals surface area contributed by atoms with Crippen LogP contribution in [0.1, 0.15) is 13.3 Å². The summed E-state index contributed by atoms with van der Waals surface area (Å²) in [4.78, 5) is 27.0. The van der Waals surface area contributed by atoms with Crippen molar-refractivity contribution in [2.75, 3.05) is 11.9 Å². The third-order valence-corrected chi connectivity index (χ3v) is 2.69. The fraction of sp³-hybridized carbons (Fsp3) is 0.364. The summed E-state index contributed by atoms with van der Waals surface area (Å²) in [7, 11) is 0. The molecule has 1 fully saturated rings. The molecule has 84 valence electrons. The maximum Gasteiger partial charge on any atom is 0.232 e. The first kappa shape index (κ1) is 10.6. The van der Waals surface area contributed by atoms with Gasteiger partial charge in [-0.15, -0.1) is 0 Å². The summed E-state index contributed by atoms with van der Waals surface area (Å²) >= 11 is 0. The highest BCUT2D eigenvalue weighted by atomic mass is 16.2. The lowest BCUT2D eigenvalue weighted by Crippen LogP contribution is -2.35. The summed E-state index contributed by atoms with van der Waals surface area (Å²) in [6, 6.07) is 3.51. The number of hydrogen-bond donors (Lipinski definition) is 2. The Morgan fingerprint density at radius 1 is 1.62 bits per heavy atom. The number of carbonyl (C=O) groups is 2. The van der Waals surface area contributed by atoms with Gasteiger partial charge in [0.1, 0.15) is 0 Å². The van der Waals surface area contributed by atoms with E-state index >= 15 is 0 Å². The van der Waals surface area contributed by atoms with E-state index in [1.165, 1.54) is 0 Å². The Labute approximate surface area is 93.3 Å². The molecule has 2 N–H and O–H groups in total. The normalized spacial score (nSPS) is 23.9. The molecule has 5 nitrogen and oxygen atoms in total. The number of carbonyl (C=O) groups excluding carboxylic acids is 2. The topological polar surface area (TPSA) is 71.1 Å². The van der Waals surface area contributed by atoms with Crippen molar-refractivity contribution in [2.24, 2.45) is 5.41 Å². The van der Waals surface area contributed by atoms with E-state index in [-0.39, 0.29) is 18.2 Å². The van der Waals surface area contributed by atoms with Crippen LogP contribution in [0.25, 0.3) is 0 Å². The fourth-order valence-electron chi connectivity index (χ4n) is 1.65. The lowest BCUT2D eigenvalue weighted by atomic mass is 9.88. The van der Waals surface area contributed by atoms with Gasteiger partial charge in [0.15, 0.2) is 0 Å². The van der Waals surface area contributed by atoms with Crippen molar-refractivity contribution in [2.45, 2.75) is 13.3 Å². The van der Waals surface area contributed by atoms with Gasteiger partial charge in [0, 0.05) is 19.2 Å². The number of nitrogens with zero attached hydrogens (tertiary/aromatic N) is 1. The molecular formula is C11H13N3O2. The molecule has 1 unspecified atom stereocenters. The molecule has 0 aromatic carbocycles. The van der Waals surface area contributed by atoms with Crippen LogP contribution in [-0.2, 0) is 9.59 Å². The van der Waals surface area contributed by atoms with Crippen LogP contribution >= 0.6 is 0 Å². The molecule has 2 amide bonds. The number of amides is 2. The van der Waals surface area contributed by atoms with Crippen LogP contribution < -0.4 is 10.6 Å². The molecule has 0 bridgehead atoms. The Hall–Kier alpha value is -1.91. The summed E-state index contributed by atoms with van der Waals surface area (Å²) in [6.45, 7) is 2.16. The molecule has 5 heteroatoms. The van der Waals surface area contributed by atoms with Gasteiger partial charge in [-0.1, -0.05) is 0 Å².